The van der Waals surface area contributed by atoms with Crippen molar-refractivity contribution in [3.63, 3.8) is 0 Å². The van der Waals surface area contributed by atoms with Crippen LogP contribution in [0.15, 0.2) is 84.4 Å². The molecule has 1 aliphatic heterocycles. The van der Waals surface area contributed by atoms with Crippen molar-refractivity contribution in [1.29, 1.82) is 0 Å². The summed E-state index contributed by atoms with van der Waals surface area (Å²) >= 11 is 0. The summed E-state index contributed by atoms with van der Waals surface area (Å²) in [5.41, 5.74) is -0.377. The lowest BCUT2D eigenvalue weighted by molar-refractivity contribution is -0.385. The van der Waals surface area contributed by atoms with Crippen LogP contribution in [-0.4, -0.2) is 26.6 Å². The van der Waals surface area contributed by atoms with Gasteiger partial charge in [0.2, 0.25) is 0 Å². The minimum atomic E-state index is -1.24. The van der Waals surface area contributed by atoms with Crippen LogP contribution in [0.4, 0.5) is 17.1 Å². The number of benzene rings is 3. The summed E-state index contributed by atoms with van der Waals surface area (Å²) in [4.78, 5) is 48.4. The van der Waals surface area contributed by atoms with E-state index in [4.69, 9.17) is 0 Å². The Morgan fingerprint density at radius 1 is 0.818 bits per heavy atom. The maximum atomic E-state index is 13.1. The van der Waals surface area contributed by atoms with Gasteiger partial charge in [0.15, 0.2) is 0 Å². The average molecular weight is 445 g/mol. The summed E-state index contributed by atoms with van der Waals surface area (Å²) in [6.45, 7) is 0. The first-order chi connectivity index (χ1) is 15.8. The fraction of sp³-hybridized carbons (Fsp3) is 0.0435. The molecule has 1 fully saturated rings. The summed E-state index contributed by atoms with van der Waals surface area (Å²) in [6, 6.07) is 17.2. The van der Waals surface area contributed by atoms with Crippen LogP contribution in [0, 0.1) is 20.2 Å². The quantitative estimate of drug-likeness (QED) is 0.204. The van der Waals surface area contributed by atoms with E-state index in [1.54, 1.807) is 30.3 Å². The van der Waals surface area contributed by atoms with Gasteiger partial charge < -0.3 is 5.11 Å². The first kappa shape index (κ1) is 21.4. The Morgan fingerprint density at radius 2 is 1.42 bits per heavy atom. The van der Waals surface area contributed by atoms with Crippen molar-refractivity contribution in [2.24, 2.45) is 0 Å². The maximum Gasteiger partial charge on any atom is 0.300 e. The van der Waals surface area contributed by atoms with Crippen LogP contribution in [-0.2, 0) is 9.59 Å². The molecule has 1 saturated heterocycles. The van der Waals surface area contributed by atoms with Crippen LogP contribution in [0.3, 0.4) is 0 Å². The van der Waals surface area contributed by atoms with Gasteiger partial charge in [0.1, 0.15) is 5.76 Å². The van der Waals surface area contributed by atoms with Crippen molar-refractivity contribution in [1.82, 2.24) is 0 Å². The topological polar surface area (TPSA) is 144 Å². The number of aliphatic hydroxyl groups is 1. The van der Waals surface area contributed by atoms with Crippen LogP contribution in [0.25, 0.3) is 5.76 Å². The molecule has 10 heteroatoms. The number of amides is 1. The van der Waals surface area contributed by atoms with Gasteiger partial charge in [0.05, 0.1) is 27.1 Å². The molecule has 0 bridgehead atoms. The second kappa shape index (κ2) is 8.35. The van der Waals surface area contributed by atoms with E-state index in [-0.39, 0.29) is 33.8 Å². The molecule has 164 valence electrons. The molecule has 1 atom stereocenters. The van der Waals surface area contributed by atoms with Crippen molar-refractivity contribution in [2.75, 3.05) is 4.90 Å². The number of nitro groups is 2. The van der Waals surface area contributed by atoms with Gasteiger partial charge >= 0.3 is 0 Å². The van der Waals surface area contributed by atoms with Crippen LogP contribution in [0.1, 0.15) is 17.2 Å². The van der Waals surface area contributed by atoms with Gasteiger partial charge in [-0.3, -0.25) is 34.7 Å². The zero-order valence-corrected chi connectivity index (χ0v) is 16.8. The number of Topliss-reactive ketones (excluding diaryl/α,β-unsaturated/α-hetero) is 1. The smallest absolute Gasteiger partial charge is 0.300 e. The van der Waals surface area contributed by atoms with Crippen LogP contribution < -0.4 is 4.90 Å². The molecule has 3 aromatic rings. The zero-order chi connectivity index (χ0) is 23.7. The van der Waals surface area contributed by atoms with E-state index in [9.17, 15) is 34.9 Å². The number of hydrogen-bond donors (Lipinski definition) is 1. The number of aliphatic hydroxyl groups excluding tert-OH is 1. The van der Waals surface area contributed by atoms with E-state index in [1.807, 2.05) is 0 Å². The largest absolute Gasteiger partial charge is 0.507 e. The number of nitrogens with zero attached hydrogens (tertiary/aromatic N) is 3. The van der Waals surface area contributed by atoms with Gasteiger partial charge in [-0.2, -0.15) is 0 Å². The van der Waals surface area contributed by atoms with Crippen LogP contribution >= 0.6 is 0 Å². The van der Waals surface area contributed by atoms with E-state index in [2.05, 4.69) is 0 Å². The van der Waals surface area contributed by atoms with Crippen LogP contribution in [0.2, 0.25) is 0 Å². The summed E-state index contributed by atoms with van der Waals surface area (Å²) in [5, 5.41) is 33.5. The number of ketones is 1. The Morgan fingerprint density at radius 3 is 2.06 bits per heavy atom. The van der Waals surface area contributed by atoms with E-state index in [1.165, 1.54) is 42.5 Å². The molecule has 4 rings (SSSR count). The van der Waals surface area contributed by atoms with Gasteiger partial charge in [-0.15, -0.1) is 0 Å². The Kier molecular flexibility index (Phi) is 5.41. The van der Waals surface area contributed by atoms with Gasteiger partial charge in [0, 0.05) is 29.8 Å². The zero-order valence-electron chi connectivity index (χ0n) is 16.8. The molecule has 1 aliphatic rings. The lowest BCUT2D eigenvalue weighted by Crippen LogP contribution is -2.29. The number of carbonyl (C=O) groups excluding carboxylic acids is 2. The van der Waals surface area contributed by atoms with Crippen molar-refractivity contribution >= 4 is 34.5 Å². The summed E-state index contributed by atoms with van der Waals surface area (Å²) in [7, 11) is 0. The van der Waals surface area contributed by atoms with E-state index in [0.717, 1.165) is 11.0 Å². The lowest BCUT2D eigenvalue weighted by Gasteiger charge is -2.25. The SMILES string of the molecule is O=C1C(=O)N(c2cccc([N+](=O)[O-])c2)[C@H](c2cccc([N+](=O)[O-])c2)C1=C(O)c1ccccc1. The molecule has 1 N–H and O–H groups in total. The molecule has 0 unspecified atom stereocenters. The first-order valence-corrected chi connectivity index (χ1v) is 9.65. The lowest BCUT2D eigenvalue weighted by atomic mass is 9.95. The predicted octanol–water partition coefficient (Wildman–Crippen LogP) is 4.13. The third-order valence-electron chi connectivity index (χ3n) is 5.21. The van der Waals surface area contributed by atoms with Crippen molar-refractivity contribution in [3.05, 3.63) is 116 Å². The molecule has 1 amide bonds. The highest BCUT2D eigenvalue weighted by Crippen LogP contribution is 2.43. The standard InChI is InChI=1S/C23H15N3O7/c27-21(14-6-2-1-3-7-14)19-20(15-8-4-10-17(12-15)25(30)31)24(23(29)22(19)28)16-9-5-11-18(13-16)26(32)33/h1-13,20,27H/t20-/m1/s1. The molecule has 0 radical (unpaired) electrons. The van der Waals surface area contributed by atoms with E-state index in [0.29, 0.717) is 0 Å². The Hall–Kier alpha value is -4.86. The molecule has 33 heavy (non-hydrogen) atoms. The third-order valence-corrected chi connectivity index (χ3v) is 5.21. The maximum absolute atomic E-state index is 13.1. The number of nitro benzene ring substituents is 2. The number of rotatable bonds is 5. The second-order valence-electron chi connectivity index (χ2n) is 7.16. The monoisotopic (exact) mass is 445 g/mol. The molecule has 0 saturated carbocycles. The molecular formula is C23H15N3O7. The molecule has 1 heterocycles. The number of hydrogen-bond acceptors (Lipinski definition) is 7. The second-order valence-corrected chi connectivity index (χ2v) is 7.16. The summed E-state index contributed by atoms with van der Waals surface area (Å²) in [6.07, 6.45) is 0. The average Bonchev–Trinajstić information content (AvgIpc) is 3.09. The van der Waals surface area contributed by atoms with E-state index < -0.39 is 33.3 Å². The Balaban J connectivity index is 1.98. The van der Waals surface area contributed by atoms with Crippen molar-refractivity contribution < 1.29 is 24.5 Å². The molecule has 0 aromatic heterocycles. The van der Waals surface area contributed by atoms with Gasteiger partial charge in [-0.05, 0) is 11.6 Å². The van der Waals surface area contributed by atoms with Crippen LogP contribution in [0.5, 0.6) is 0 Å². The summed E-state index contributed by atoms with van der Waals surface area (Å²) in [5.74, 6) is -2.50. The third kappa shape index (κ3) is 3.81. The molecular weight excluding hydrogens is 430 g/mol. The number of non-ortho nitro benzene ring substituents is 2. The van der Waals surface area contributed by atoms with Crippen molar-refractivity contribution in [3.8, 4) is 0 Å². The Bertz CT molecular complexity index is 1330. The molecule has 3 aromatic carbocycles. The molecule has 0 aliphatic carbocycles. The van der Waals surface area contributed by atoms with Crippen molar-refractivity contribution in [2.45, 2.75) is 6.04 Å². The van der Waals surface area contributed by atoms with Gasteiger partial charge in [-0.25, -0.2) is 0 Å². The summed E-state index contributed by atoms with van der Waals surface area (Å²) < 4.78 is 0. The fourth-order valence-corrected chi connectivity index (χ4v) is 3.73. The van der Waals surface area contributed by atoms with Gasteiger partial charge in [-0.1, -0.05) is 48.5 Å². The molecule has 10 nitrogen and oxygen atoms in total. The predicted molar refractivity (Wildman–Crippen MR) is 117 cm³/mol. The van der Waals surface area contributed by atoms with Gasteiger partial charge in [0.25, 0.3) is 23.1 Å². The highest BCUT2D eigenvalue weighted by molar-refractivity contribution is 6.51. The van der Waals surface area contributed by atoms with E-state index >= 15 is 0 Å². The minimum Gasteiger partial charge on any atom is -0.507 e. The normalized spacial score (nSPS) is 17.2. The molecule has 0 spiro atoms. The highest BCUT2D eigenvalue weighted by Gasteiger charge is 2.47. The minimum absolute atomic E-state index is 0.0370. The number of anilines is 1. The highest BCUT2D eigenvalue weighted by atomic mass is 16.6. The Labute approximate surface area is 186 Å². The number of carbonyl (C=O) groups is 2. The first-order valence-electron chi connectivity index (χ1n) is 9.65. The fourth-order valence-electron chi connectivity index (χ4n) is 3.73.